The van der Waals surface area contributed by atoms with Crippen molar-refractivity contribution in [3.63, 3.8) is 0 Å². The maximum Gasteiger partial charge on any atom is 0.309 e. The zero-order chi connectivity index (χ0) is 40.8. The molecule has 0 aromatic heterocycles. The Bertz CT molecular complexity index is 1170. The minimum absolute atomic E-state index is 0.118. The summed E-state index contributed by atoms with van der Waals surface area (Å²) in [4.78, 5) is 37.5. The molecule has 6 heteroatoms. The second-order valence-electron chi connectivity index (χ2n) is 14.2. The predicted octanol–water partition coefficient (Wildman–Crippen LogP) is 14.2. The van der Waals surface area contributed by atoms with E-state index in [2.05, 4.69) is 106 Å². The van der Waals surface area contributed by atoms with Crippen molar-refractivity contribution in [1.29, 1.82) is 0 Å². The van der Waals surface area contributed by atoms with E-state index in [1.165, 1.54) is 25.7 Å². The number of rotatable bonds is 38. The largest absolute Gasteiger partial charge is 0.462 e. The van der Waals surface area contributed by atoms with Crippen molar-refractivity contribution in [2.45, 2.75) is 187 Å². The standard InChI is InChI=1S/C50H80O6/c1-4-7-10-13-16-19-21-22-23-24-25-26-27-28-29-32-34-37-40-43-49(52)55-46-47(45-54-48(51)42-39-36-33-30-18-15-12-9-6-3)56-50(53)44-41-38-35-31-20-17-14-11-8-5-2/h7,9-10,12,14,16-19,22-23,25-26,30,36,39,47H,4-6,8,11,13,15,20-21,24,27-29,31-35,37-38,40-46H2,1-3H3/b10-7-,12-9-,17-14-,19-16-,23-22-,26-25-,30-18-,39-36-. The molecule has 6 nitrogen and oxygen atoms in total. The summed E-state index contributed by atoms with van der Waals surface area (Å²) in [5, 5.41) is 0. The van der Waals surface area contributed by atoms with Crippen molar-refractivity contribution in [1.82, 2.24) is 0 Å². The van der Waals surface area contributed by atoms with Gasteiger partial charge in [-0.1, -0.05) is 169 Å². The molecule has 0 fully saturated rings. The van der Waals surface area contributed by atoms with E-state index in [1.807, 2.05) is 6.08 Å². The number of carbonyl (C=O) groups excluding carboxylic acids is 3. The van der Waals surface area contributed by atoms with Crippen molar-refractivity contribution in [3.05, 3.63) is 97.2 Å². The van der Waals surface area contributed by atoms with Crippen LogP contribution in [0.1, 0.15) is 181 Å². The number of esters is 3. The molecule has 0 aromatic carbocycles. The van der Waals surface area contributed by atoms with Crippen LogP contribution in [0.5, 0.6) is 0 Å². The molecular weight excluding hydrogens is 697 g/mol. The van der Waals surface area contributed by atoms with Crippen LogP contribution in [0.2, 0.25) is 0 Å². The van der Waals surface area contributed by atoms with Gasteiger partial charge in [0.05, 0.1) is 6.42 Å². The summed E-state index contributed by atoms with van der Waals surface area (Å²) < 4.78 is 16.5. The molecule has 0 radical (unpaired) electrons. The monoisotopic (exact) mass is 777 g/mol. The number of carbonyl (C=O) groups is 3. The van der Waals surface area contributed by atoms with Gasteiger partial charge in [-0.2, -0.15) is 0 Å². The van der Waals surface area contributed by atoms with Crippen LogP contribution < -0.4 is 0 Å². The molecule has 0 aliphatic heterocycles. The van der Waals surface area contributed by atoms with Crippen molar-refractivity contribution < 1.29 is 28.6 Å². The van der Waals surface area contributed by atoms with Crippen LogP contribution in [0.4, 0.5) is 0 Å². The first-order chi connectivity index (χ1) is 27.5. The van der Waals surface area contributed by atoms with Gasteiger partial charge >= 0.3 is 17.9 Å². The van der Waals surface area contributed by atoms with Crippen LogP contribution in [-0.2, 0) is 28.6 Å². The highest BCUT2D eigenvalue weighted by molar-refractivity contribution is 5.72. The van der Waals surface area contributed by atoms with Crippen LogP contribution in [0, 0.1) is 0 Å². The van der Waals surface area contributed by atoms with Crippen LogP contribution >= 0.6 is 0 Å². The molecule has 316 valence electrons. The van der Waals surface area contributed by atoms with Gasteiger partial charge in [0.25, 0.3) is 0 Å². The van der Waals surface area contributed by atoms with Gasteiger partial charge in [-0.3, -0.25) is 14.4 Å². The first-order valence-electron chi connectivity index (χ1n) is 22.2. The second kappa shape index (κ2) is 44.0. The van der Waals surface area contributed by atoms with E-state index in [4.69, 9.17) is 14.2 Å². The van der Waals surface area contributed by atoms with Crippen LogP contribution in [0.3, 0.4) is 0 Å². The number of ether oxygens (including phenoxy) is 3. The zero-order valence-corrected chi connectivity index (χ0v) is 35.9. The maximum atomic E-state index is 12.6. The molecule has 0 heterocycles. The molecule has 0 aromatic rings. The van der Waals surface area contributed by atoms with Crippen LogP contribution in [-0.4, -0.2) is 37.2 Å². The Labute approximate surface area is 343 Å². The van der Waals surface area contributed by atoms with Crippen molar-refractivity contribution in [2.75, 3.05) is 13.2 Å². The molecule has 0 spiro atoms. The average molecular weight is 777 g/mol. The van der Waals surface area contributed by atoms with Gasteiger partial charge in [0.1, 0.15) is 13.2 Å². The summed E-state index contributed by atoms with van der Waals surface area (Å²) in [6, 6.07) is 0. The molecular formula is C50H80O6. The van der Waals surface area contributed by atoms with Crippen molar-refractivity contribution in [2.24, 2.45) is 0 Å². The molecule has 56 heavy (non-hydrogen) atoms. The lowest BCUT2D eigenvalue weighted by atomic mass is 10.1. The fraction of sp³-hybridized carbons (Fsp3) is 0.620. The Morgan fingerprint density at radius 2 is 0.768 bits per heavy atom. The average Bonchev–Trinajstić information content (AvgIpc) is 3.19. The second-order valence-corrected chi connectivity index (χ2v) is 14.2. The minimum atomic E-state index is -0.822. The third kappa shape index (κ3) is 41.5. The van der Waals surface area contributed by atoms with Gasteiger partial charge in [0, 0.05) is 12.8 Å². The Balaban J connectivity index is 4.41. The minimum Gasteiger partial charge on any atom is -0.462 e. The highest BCUT2D eigenvalue weighted by Gasteiger charge is 2.19. The molecule has 0 saturated carbocycles. The van der Waals surface area contributed by atoms with E-state index in [0.29, 0.717) is 12.8 Å². The first-order valence-corrected chi connectivity index (χ1v) is 22.2. The molecule has 0 amide bonds. The molecule has 0 aliphatic carbocycles. The molecule has 0 saturated heterocycles. The third-order valence-electron chi connectivity index (χ3n) is 8.84. The lowest BCUT2D eigenvalue weighted by Crippen LogP contribution is -2.30. The summed E-state index contributed by atoms with van der Waals surface area (Å²) in [7, 11) is 0. The van der Waals surface area contributed by atoms with Crippen molar-refractivity contribution in [3.8, 4) is 0 Å². The Hall–Kier alpha value is -3.67. The highest BCUT2D eigenvalue weighted by Crippen LogP contribution is 2.12. The van der Waals surface area contributed by atoms with Crippen molar-refractivity contribution >= 4 is 17.9 Å². The number of allylic oxidation sites excluding steroid dienone is 15. The van der Waals surface area contributed by atoms with E-state index in [0.717, 1.165) is 116 Å². The van der Waals surface area contributed by atoms with E-state index < -0.39 is 12.1 Å². The number of hydrogen-bond donors (Lipinski definition) is 0. The normalized spacial score (nSPS) is 13.0. The van der Waals surface area contributed by atoms with E-state index in [1.54, 1.807) is 6.08 Å². The molecule has 0 N–H and O–H groups in total. The van der Waals surface area contributed by atoms with E-state index in [9.17, 15) is 14.4 Å². The summed E-state index contributed by atoms with van der Waals surface area (Å²) in [6.45, 7) is 6.21. The number of hydrogen-bond acceptors (Lipinski definition) is 6. The van der Waals surface area contributed by atoms with E-state index >= 15 is 0 Å². The fourth-order valence-corrected chi connectivity index (χ4v) is 5.53. The molecule has 1 atom stereocenters. The maximum absolute atomic E-state index is 12.6. The quantitative estimate of drug-likeness (QED) is 0.0269. The van der Waals surface area contributed by atoms with Gasteiger partial charge in [-0.25, -0.2) is 0 Å². The lowest BCUT2D eigenvalue weighted by molar-refractivity contribution is -0.166. The Morgan fingerprint density at radius 3 is 1.27 bits per heavy atom. The van der Waals surface area contributed by atoms with Gasteiger partial charge in [-0.15, -0.1) is 0 Å². The van der Waals surface area contributed by atoms with Gasteiger partial charge in [0.2, 0.25) is 0 Å². The molecule has 0 aliphatic rings. The Kier molecular flexibility index (Phi) is 41.2. The zero-order valence-electron chi connectivity index (χ0n) is 35.9. The molecule has 0 bridgehead atoms. The highest BCUT2D eigenvalue weighted by atomic mass is 16.6. The summed E-state index contributed by atoms with van der Waals surface area (Å²) >= 11 is 0. The van der Waals surface area contributed by atoms with Gasteiger partial charge < -0.3 is 14.2 Å². The fourth-order valence-electron chi connectivity index (χ4n) is 5.53. The molecule has 1 unspecified atom stereocenters. The summed E-state index contributed by atoms with van der Waals surface area (Å²) in [5.41, 5.74) is 0. The predicted molar refractivity (Wildman–Crippen MR) is 237 cm³/mol. The third-order valence-corrected chi connectivity index (χ3v) is 8.84. The van der Waals surface area contributed by atoms with Crippen LogP contribution in [0.25, 0.3) is 0 Å². The number of unbranched alkanes of at least 4 members (excludes halogenated alkanes) is 12. The Morgan fingerprint density at radius 1 is 0.393 bits per heavy atom. The first kappa shape index (κ1) is 52.3. The lowest BCUT2D eigenvalue weighted by Gasteiger charge is -2.18. The van der Waals surface area contributed by atoms with E-state index in [-0.39, 0.29) is 31.6 Å². The van der Waals surface area contributed by atoms with Gasteiger partial charge in [0.15, 0.2) is 6.10 Å². The van der Waals surface area contributed by atoms with Gasteiger partial charge in [-0.05, 0) is 89.9 Å². The van der Waals surface area contributed by atoms with Crippen LogP contribution in [0.15, 0.2) is 97.2 Å². The SMILES string of the molecule is CC/C=C\C/C=C\C/C=C\C/C=C\CCCCCCCCC(=O)OCC(COC(=O)C/C=C\C/C=C\C/C=C\CC)OC(=O)CCCCCC/C=C\CCCC. The molecule has 0 rings (SSSR count). The topological polar surface area (TPSA) is 78.9 Å². The summed E-state index contributed by atoms with van der Waals surface area (Å²) in [6.07, 6.45) is 57.1. The smallest absolute Gasteiger partial charge is 0.309 e. The summed E-state index contributed by atoms with van der Waals surface area (Å²) in [5.74, 6) is -1.09.